The lowest BCUT2D eigenvalue weighted by atomic mass is 10.3. The van der Waals surface area contributed by atoms with Crippen molar-refractivity contribution in [3.8, 4) is 0 Å². The predicted molar refractivity (Wildman–Crippen MR) is 74.9 cm³/mol. The molecular weight excluding hydrogens is 278 g/mol. The summed E-state index contributed by atoms with van der Waals surface area (Å²) in [7, 11) is -2.85. The van der Waals surface area contributed by atoms with Gasteiger partial charge in [0, 0.05) is 25.2 Å². The molecule has 6 nitrogen and oxygen atoms in total. The van der Waals surface area contributed by atoms with Gasteiger partial charge < -0.3 is 9.84 Å². The predicted octanol–water partition coefficient (Wildman–Crippen LogP) is 0.547. The number of nitrogens with one attached hydrogen (secondary N) is 1. The Morgan fingerprint density at radius 3 is 3.00 bits per heavy atom. The number of sulfone groups is 1. The molecule has 112 valence electrons. The molecule has 2 heterocycles. The Labute approximate surface area is 119 Å². The summed E-state index contributed by atoms with van der Waals surface area (Å²) in [5.74, 6) is 1.37. The third kappa shape index (κ3) is 4.04. The van der Waals surface area contributed by atoms with Crippen molar-refractivity contribution >= 4 is 9.84 Å². The highest BCUT2D eigenvalue weighted by Gasteiger charge is 2.22. The van der Waals surface area contributed by atoms with Crippen LogP contribution in [0.5, 0.6) is 0 Å². The maximum absolute atomic E-state index is 11.6. The van der Waals surface area contributed by atoms with Crippen LogP contribution in [0.4, 0.5) is 0 Å². The summed E-state index contributed by atoms with van der Waals surface area (Å²) in [6.45, 7) is 2.78. The van der Waals surface area contributed by atoms with E-state index in [4.69, 9.17) is 4.52 Å². The molecule has 1 saturated carbocycles. The van der Waals surface area contributed by atoms with Crippen molar-refractivity contribution in [1.29, 1.82) is 0 Å². The summed E-state index contributed by atoms with van der Waals surface area (Å²) in [5, 5.41) is 7.45. The van der Waals surface area contributed by atoms with Gasteiger partial charge >= 0.3 is 0 Å². The second kappa shape index (κ2) is 5.83. The minimum Gasteiger partial charge on any atom is -0.360 e. The van der Waals surface area contributed by atoms with Crippen LogP contribution in [-0.2, 0) is 22.9 Å². The topological polar surface area (TPSA) is 75.4 Å². The third-order valence-electron chi connectivity index (χ3n) is 3.78. The Balaban J connectivity index is 1.51. The lowest BCUT2D eigenvalue weighted by Gasteiger charge is -2.16. The fraction of sp³-hybridized carbons (Fsp3) is 0.769. The van der Waals surface area contributed by atoms with Crippen molar-refractivity contribution in [2.24, 2.45) is 0 Å². The van der Waals surface area contributed by atoms with E-state index >= 15 is 0 Å². The second-order valence-corrected chi connectivity index (χ2v) is 8.02. The summed E-state index contributed by atoms with van der Waals surface area (Å²) in [4.78, 5) is 2.13. The van der Waals surface area contributed by atoms with Crippen molar-refractivity contribution in [3.63, 3.8) is 0 Å². The molecule has 1 saturated heterocycles. The van der Waals surface area contributed by atoms with Crippen molar-refractivity contribution in [3.05, 3.63) is 17.5 Å². The Kier molecular flexibility index (Phi) is 4.09. The molecule has 0 spiro atoms. The number of rotatable bonds is 5. The summed E-state index contributed by atoms with van der Waals surface area (Å²) in [5.41, 5.74) is 0.925. The summed E-state index contributed by atoms with van der Waals surface area (Å²) in [6, 6.07) is 2.63. The van der Waals surface area contributed by atoms with E-state index in [9.17, 15) is 8.42 Å². The molecule has 1 aromatic rings. The van der Waals surface area contributed by atoms with Crippen LogP contribution in [0.3, 0.4) is 0 Å². The molecule has 0 atom stereocenters. The maximum atomic E-state index is 11.6. The monoisotopic (exact) mass is 299 g/mol. The van der Waals surface area contributed by atoms with E-state index in [0.29, 0.717) is 31.3 Å². The molecule has 1 N–H and O–H groups in total. The Morgan fingerprint density at radius 1 is 1.35 bits per heavy atom. The summed E-state index contributed by atoms with van der Waals surface area (Å²) in [6.07, 6.45) is 3.21. The minimum atomic E-state index is -2.85. The van der Waals surface area contributed by atoms with Crippen molar-refractivity contribution in [2.75, 3.05) is 24.6 Å². The highest BCUT2D eigenvalue weighted by atomic mass is 32.2. The van der Waals surface area contributed by atoms with Gasteiger partial charge in [0.1, 0.15) is 0 Å². The van der Waals surface area contributed by atoms with Gasteiger partial charge in [-0.2, -0.15) is 0 Å². The molecule has 0 radical (unpaired) electrons. The Bertz CT molecular complexity index is 551. The smallest absolute Gasteiger partial charge is 0.151 e. The van der Waals surface area contributed by atoms with Gasteiger partial charge in [-0.1, -0.05) is 5.16 Å². The van der Waals surface area contributed by atoms with Crippen molar-refractivity contribution < 1.29 is 12.9 Å². The molecule has 0 amide bonds. The van der Waals surface area contributed by atoms with Gasteiger partial charge in [0.05, 0.1) is 23.7 Å². The number of hydrogen-bond donors (Lipinski definition) is 1. The maximum Gasteiger partial charge on any atom is 0.151 e. The average molecular weight is 299 g/mol. The molecule has 0 bridgehead atoms. The first-order valence-corrected chi connectivity index (χ1v) is 9.03. The Morgan fingerprint density at radius 2 is 2.20 bits per heavy atom. The van der Waals surface area contributed by atoms with Gasteiger partial charge in [0.2, 0.25) is 0 Å². The first kappa shape index (κ1) is 14.0. The molecule has 3 rings (SSSR count). The summed E-state index contributed by atoms with van der Waals surface area (Å²) < 4.78 is 28.4. The number of nitrogens with zero attached hydrogens (tertiary/aromatic N) is 2. The van der Waals surface area contributed by atoms with E-state index in [0.717, 1.165) is 24.5 Å². The molecule has 2 fully saturated rings. The highest BCUT2D eigenvalue weighted by Crippen LogP contribution is 2.19. The van der Waals surface area contributed by atoms with E-state index in [-0.39, 0.29) is 5.75 Å². The quantitative estimate of drug-likeness (QED) is 0.855. The first-order chi connectivity index (χ1) is 9.61. The van der Waals surface area contributed by atoms with Gasteiger partial charge in [-0.05, 0) is 25.8 Å². The first-order valence-electron chi connectivity index (χ1n) is 7.21. The molecule has 1 aliphatic heterocycles. The van der Waals surface area contributed by atoms with E-state index in [1.807, 2.05) is 6.07 Å². The van der Waals surface area contributed by atoms with Gasteiger partial charge in [-0.15, -0.1) is 0 Å². The molecule has 20 heavy (non-hydrogen) atoms. The van der Waals surface area contributed by atoms with E-state index in [2.05, 4.69) is 15.4 Å². The lowest BCUT2D eigenvalue weighted by molar-refractivity contribution is 0.245. The molecule has 7 heteroatoms. The zero-order valence-electron chi connectivity index (χ0n) is 11.5. The minimum absolute atomic E-state index is 0.247. The number of hydrogen-bond acceptors (Lipinski definition) is 6. The normalized spacial score (nSPS) is 23.6. The van der Waals surface area contributed by atoms with E-state index in [1.165, 1.54) is 12.8 Å². The molecule has 0 aromatic carbocycles. The molecular formula is C13H21N3O3S. The zero-order valence-corrected chi connectivity index (χ0v) is 12.4. The van der Waals surface area contributed by atoms with E-state index in [1.54, 1.807) is 0 Å². The second-order valence-electron chi connectivity index (χ2n) is 5.72. The van der Waals surface area contributed by atoms with Crippen LogP contribution < -0.4 is 5.32 Å². The van der Waals surface area contributed by atoms with Crippen LogP contribution in [0, 0.1) is 0 Å². The molecule has 0 unspecified atom stereocenters. The van der Waals surface area contributed by atoms with Crippen LogP contribution >= 0.6 is 0 Å². The fourth-order valence-electron chi connectivity index (χ4n) is 2.42. The van der Waals surface area contributed by atoms with Crippen LogP contribution in [0.25, 0.3) is 0 Å². The van der Waals surface area contributed by atoms with Gasteiger partial charge in [0.15, 0.2) is 15.6 Å². The van der Waals surface area contributed by atoms with Crippen LogP contribution in [-0.4, -0.2) is 49.1 Å². The fourth-order valence-corrected chi connectivity index (χ4v) is 3.73. The lowest BCUT2D eigenvalue weighted by Crippen LogP contribution is -2.26. The van der Waals surface area contributed by atoms with Gasteiger partial charge in [-0.3, -0.25) is 4.90 Å². The molecule has 1 aromatic heterocycles. The Hall–Kier alpha value is -0.920. The summed E-state index contributed by atoms with van der Waals surface area (Å²) >= 11 is 0. The molecule has 2 aliphatic rings. The highest BCUT2D eigenvalue weighted by molar-refractivity contribution is 7.91. The van der Waals surface area contributed by atoms with Crippen LogP contribution in [0.2, 0.25) is 0 Å². The van der Waals surface area contributed by atoms with E-state index < -0.39 is 9.84 Å². The molecule has 1 aliphatic carbocycles. The number of aromatic nitrogens is 1. The van der Waals surface area contributed by atoms with Crippen molar-refractivity contribution in [2.45, 2.75) is 38.4 Å². The van der Waals surface area contributed by atoms with Gasteiger partial charge in [0.25, 0.3) is 0 Å². The van der Waals surface area contributed by atoms with Crippen LogP contribution in [0.1, 0.15) is 30.7 Å². The van der Waals surface area contributed by atoms with Crippen molar-refractivity contribution in [1.82, 2.24) is 15.4 Å². The standard InChI is InChI=1S/C13H21N3O3S/c17-20(18)6-1-4-16(5-7-20)10-13-8-12(15-19-13)9-14-11-2-3-11/h8,11,14H,1-7,9-10H2. The zero-order chi connectivity index (χ0) is 14.0. The SMILES string of the molecule is O=S1(=O)CCCN(Cc2cc(CNC3CC3)no2)CC1. The average Bonchev–Trinajstić information content (AvgIpc) is 3.15. The van der Waals surface area contributed by atoms with Gasteiger partial charge in [-0.25, -0.2) is 8.42 Å². The third-order valence-corrected chi connectivity index (χ3v) is 5.50. The largest absolute Gasteiger partial charge is 0.360 e. The van der Waals surface area contributed by atoms with Crippen LogP contribution in [0.15, 0.2) is 10.6 Å².